The molecule has 0 bridgehead atoms. The molecule has 0 radical (unpaired) electrons. The van der Waals surface area contributed by atoms with Crippen LogP contribution in [0.25, 0.3) is 0 Å². The van der Waals surface area contributed by atoms with Gasteiger partial charge in [-0.15, -0.1) is 0 Å². The molecular formula is C32H40ClN3O5S. The molecule has 0 aliphatic carbocycles. The quantitative estimate of drug-likeness (QED) is 0.251. The molecular weight excluding hydrogens is 574 g/mol. The van der Waals surface area contributed by atoms with Crippen LogP contribution in [-0.4, -0.2) is 57.6 Å². The molecule has 3 rings (SSSR count). The average molecular weight is 614 g/mol. The molecule has 1 unspecified atom stereocenters. The molecule has 3 aromatic carbocycles. The van der Waals surface area contributed by atoms with E-state index in [-0.39, 0.29) is 43.7 Å². The summed E-state index contributed by atoms with van der Waals surface area (Å²) in [6, 6.07) is 22.8. The van der Waals surface area contributed by atoms with E-state index in [9.17, 15) is 18.0 Å². The zero-order valence-corrected chi connectivity index (χ0v) is 26.2. The number of amides is 2. The van der Waals surface area contributed by atoms with Crippen LogP contribution in [0.2, 0.25) is 5.02 Å². The van der Waals surface area contributed by atoms with E-state index in [1.165, 1.54) is 11.4 Å². The van der Waals surface area contributed by atoms with E-state index in [4.69, 9.17) is 16.3 Å². The fourth-order valence-corrected chi connectivity index (χ4v) is 5.68. The molecule has 0 heterocycles. The average Bonchev–Trinajstić information content (AvgIpc) is 2.96. The Hall–Kier alpha value is -3.56. The van der Waals surface area contributed by atoms with Gasteiger partial charge in [-0.25, -0.2) is 8.42 Å². The second kappa shape index (κ2) is 15.6. The van der Waals surface area contributed by atoms with Crippen molar-refractivity contribution in [2.45, 2.75) is 45.7 Å². The van der Waals surface area contributed by atoms with E-state index < -0.39 is 16.1 Å². The summed E-state index contributed by atoms with van der Waals surface area (Å²) in [6.07, 6.45) is 1.74. The molecule has 2 amide bonds. The minimum absolute atomic E-state index is 0.0392. The van der Waals surface area contributed by atoms with E-state index in [2.05, 4.69) is 5.32 Å². The van der Waals surface area contributed by atoms with Gasteiger partial charge in [0.25, 0.3) is 0 Å². The molecule has 0 saturated heterocycles. The lowest BCUT2D eigenvalue weighted by Gasteiger charge is -2.32. The van der Waals surface area contributed by atoms with Crippen molar-refractivity contribution < 1.29 is 22.7 Å². The van der Waals surface area contributed by atoms with Crippen molar-refractivity contribution in [3.8, 4) is 5.75 Å². The fourth-order valence-electron chi connectivity index (χ4n) is 4.58. The van der Waals surface area contributed by atoms with Gasteiger partial charge in [0.05, 0.1) is 19.1 Å². The van der Waals surface area contributed by atoms with Crippen molar-refractivity contribution in [1.29, 1.82) is 0 Å². The first-order valence-electron chi connectivity index (χ1n) is 14.0. The number of carbonyl (C=O) groups excluding carboxylic acids is 2. The lowest BCUT2D eigenvalue weighted by Crippen LogP contribution is -2.51. The Bertz CT molecular complexity index is 1420. The summed E-state index contributed by atoms with van der Waals surface area (Å²) in [5.74, 6) is 0.174. The molecule has 226 valence electrons. The molecule has 1 atom stereocenters. The molecule has 0 saturated carbocycles. The van der Waals surface area contributed by atoms with Crippen LogP contribution in [0.3, 0.4) is 0 Å². The lowest BCUT2D eigenvalue weighted by atomic mass is 10.0. The van der Waals surface area contributed by atoms with Gasteiger partial charge in [-0.2, -0.15) is 0 Å². The molecule has 42 heavy (non-hydrogen) atoms. The van der Waals surface area contributed by atoms with Crippen LogP contribution >= 0.6 is 11.6 Å². The highest BCUT2D eigenvalue weighted by atomic mass is 35.5. The normalized spacial score (nSPS) is 12.0. The third-order valence-electron chi connectivity index (χ3n) is 6.73. The Balaban J connectivity index is 1.89. The third kappa shape index (κ3) is 9.77. The number of ether oxygens (including phenoxy) is 1. The Morgan fingerprint density at radius 1 is 0.929 bits per heavy atom. The molecule has 1 N–H and O–H groups in total. The van der Waals surface area contributed by atoms with E-state index >= 15 is 0 Å². The zero-order valence-electron chi connectivity index (χ0n) is 24.6. The Kier molecular flexibility index (Phi) is 12.2. The maximum atomic E-state index is 13.9. The van der Waals surface area contributed by atoms with Crippen molar-refractivity contribution in [1.82, 2.24) is 10.2 Å². The highest BCUT2D eigenvalue weighted by Crippen LogP contribution is 2.30. The van der Waals surface area contributed by atoms with Crippen LogP contribution in [-0.2, 0) is 32.6 Å². The van der Waals surface area contributed by atoms with Gasteiger partial charge in [-0.1, -0.05) is 80.0 Å². The zero-order chi connectivity index (χ0) is 30.7. The topological polar surface area (TPSA) is 96.0 Å². The van der Waals surface area contributed by atoms with Crippen molar-refractivity contribution >= 4 is 39.1 Å². The van der Waals surface area contributed by atoms with Crippen molar-refractivity contribution in [3.05, 3.63) is 95.0 Å². The highest BCUT2D eigenvalue weighted by molar-refractivity contribution is 7.92. The third-order valence-corrected chi connectivity index (χ3v) is 8.16. The number of nitrogens with one attached hydrogen (secondary N) is 1. The summed E-state index contributed by atoms with van der Waals surface area (Å²) in [6.45, 7) is 4.78. The summed E-state index contributed by atoms with van der Waals surface area (Å²) >= 11 is 6.10. The minimum atomic E-state index is -3.66. The number of methoxy groups -OCH3 is 1. The first-order chi connectivity index (χ1) is 20.0. The summed E-state index contributed by atoms with van der Waals surface area (Å²) in [5.41, 5.74) is 2.16. The van der Waals surface area contributed by atoms with Gasteiger partial charge < -0.3 is 15.0 Å². The van der Waals surface area contributed by atoms with Crippen molar-refractivity contribution in [2.24, 2.45) is 5.92 Å². The van der Waals surface area contributed by atoms with E-state index in [0.29, 0.717) is 29.4 Å². The number of carbonyl (C=O) groups is 2. The SMILES string of the molecule is COc1ccccc1N(CCCC(=O)N(Cc1ccc(Cl)cc1)C(Cc1ccccc1)C(=O)NCC(C)C)S(C)(=O)=O. The van der Waals surface area contributed by atoms with Gasteiger partial charge in [0.15, 0.2) is 0 Å². The number of para-hydroxylation sites is 2. The van der Waals surface area contributed by atoms with Crippen LogP contribution in [0.5, 0.6) is 5.75 Å². The first kappa shape index (κ1) is 32.9. The number of rotatable bonds is 15. The summed E-state index contributed by atoms with van der Waals surface area (Å²) < 4.78 is 32.1. The number of benzene rings is 3. The first-order valence-corrected chi connectivity index (χ1v) is 16.2. The maximum absolute atomic E-state index is 13.9. The molecule has 0 spiro atoms. The Labute approximate surface area is 254 Å². The number of sulfonamides is 1. The van der Waals surface area contributed by atoms with Crippen LogP contribution in [0.15, 0.2) is 78.9 Å². The van der Waals surface area contributed by atoms with Crippen LogP contribution in [0.4, 0.5) is 5.69 Å². The number of nitrogens with zero attached hydrogens (tertiary/aromatic N) is 2. The summed E-state index contributed by atoms with van der Waals surface area (Å²) in [5, 5.41) is 3.58. The molecule has 0 aromatic heterocycles. The number of anilines is 1. The van der Waals surface area contributed by atoms with Gasteiger partial charge in [0, 0.05) is 37.5 Å². The minimum Gasteiger partial charge on any atom is -0.495 e. The standard InChI is InChI=1S/C32H40ClN3O5S/c1-24(2)22-34-32(38)29(21-25-11-6-5-7-12-25)35(23-26-16-18-27(33)19-17-26)31(37)15-10-20-36(42(4,39)40)28-13-8-9-14-30(28)41-3/h5-9,11-14,16-19,24,29H,10,15,20-23H2,1-4H3,(H,34,38). The van der Waals surface area contributed by atoms with Gasteiger partial charge in [0.2, 0.25) is 21.8 Å². The maximum Gasteiger partial charge on any atom is 0.243 e. The largest absolute Gasteiger partial charge is 0.495 e. The monoisotopic (exact) mass is 613 g/mol. The molecule has 0 fully saturated rings. The van der Waals surface area contributed by atoms with Crippen molar-refractivity contribution in [3.63, 3.8) is 0 Å². The number of hydrogen-bond donors (Lipinski definition) is 1. The number of hydrogen-bond acceptors (Lipinski definition) is 5. The van der Waals surface area contributed by atoms with E-state index in [1.807, 2.05) is 56.3 Å². The second-order valence-corrected chi connectivity index (χ2v) is 12.9. The van der Waals surface area contributed by atoms with Crippen LogP contribution in [0, 0.1) is 5.92 Å². The van der Waals surface area contributed by atoms with Gasteiger partial charge >= 0.3 is 0 Å². The molecule has 3 aromatic rings. The Morgan fingerprint density at radius 3 is 2.19 bits per heavy atom. The van der Waals surface area contributed by atoms with Crippen LogP contribution < -0.4 is 14.4 Å². The predicted molar refractivity (Wildman–Crippen MR) is 168 cm³/mol. The lowest BCUT2D eigenvalue weighted by molar-refractivity contribution is -0.141. The van der Waals surface area contributed by atoms with E-state index in [0.717, 1.165) is 17.4 Å². The molecule has 0 aliphatic heterocycles. The second-order valence-electron chi connectivity index (χ2n) is 10.6. The molecule has 0 aliphatic rings. The van der Waals surface area contributed by atoms with Gasteiger partial charge in [-0.3, -0.25) is 13.9 Å². The fraction of sp³-hybridized carbons (Fsp3) is 0.375. The summed E-state index contributed by atoms with van der Waals surface area (Å²) in [7, 11) is -2.17. The molecule has 10 heteroatoms. The summed E-state index contributed by atoms with van der Waals surface area (Å²) in [4.78, 5) is 29.1. The highest BCUT2D eigenvalue weighted by Gasteiger charge is 2.31. The number of halogens is 1. The smallest absolute Gasteiger partial charge is 0.243 e. The van der Waals surface area contributed by atoms with Crippen molar-refractivity contribution in [2.75, 3.05) is 30.8 Å². The molecule has 8 nitrogen and oxygen atoms in total. The predicted octanol–water partition coefficient (Wildman–Crippen LogP) is 5.31. The van der Waals surface area contributed by atoms with Gasteiger partial charge in [-0.05, 0) is 47.7 Å². The van der Waals surface area contributed by atoms with E-state index in [1.54, 1.807) is 41.3 Å². The van der Waals surface area contributed by atoms with Crippen LogP contribution in [0.1, 0.15) is 37.8 Å². The van der Waals surface area contributed by atoms with Gasteiger partial charge in [0.1, 0.15) is 11.8 Å². The Morgan fingerprint density at radius 2 is 1.57 bits per heavy atom.